The van der Waals surface area contributed by atoms with Crippen molar-refractivity contribution in [3.8, 4) is 33.9 Å². The molecule has 0 atom stereocenters. The third-order valence-electron chi connectivity index (χ3n) is 16.1. The Morgan fingerprint density at radius 3 is 1.32 bits per heavy atom. The van der Waals surface area contributed by atoms with Crippen LogP contribution in [0, 0.1) is 0 Å². The lowest BCUT2D eigenvalue weighted by Gasteiger charge is -2.42. The third-order valence-corrected chi connectivity index (χ3v) is 17.3. The monoisotopic (exact) mass is 1010 g/mol. The molecule has 0 fully saturated rings. The summed E-state index contributed by atoms with van der Waals surface area (Å²) >= 11 is 1.92. The molecule has 0 unspecified atom stereocenters. The highest BCUT2D eigenvalue weighted by Gasteiger charge is 2.43. The zero-order valence-electron chi connectivity index (χ0n) is 45.3. The molecule has 7 heteroatoms. The predicted molar refractivity (Wildman–Crippen MR) is 328 cm³/mol. The molecule has 0 amide bonds. The summed E-state index contributed by atoms with van der Waals surface area (Å²) in [5.74, 6) is 0. The van der Waals surface area contributed by atoms with Crippen molar-refractivity contribution in [3.63, 3.8) is 0 Å². The molecule has 4 aromatic heterocycles. The highest BCUT2D eigenvalue weighted by atomic mass is 32.2. The molecule has 8 aromatic carbocycles. The molecule has 0 aliphatic carbocycles. The van der Waals surface area contributed by atoms with E-state index in [1.807, 2.05) is 11.8 Å². The maximum atomic E-state index is 5.56. The van der Waals surface area contributed by atoms with Crippen LogP contribution < -0.4 is 21.3 Å². The van der Waals surface area contributed by atoms with Crippen molar-refractivity contribution in [2.24, 2.45) is 0 Å². The minimum Gasteiger partial charge on any atom is -0.310 e. The van der Waals surface area contributed by atoms with Gasteiger partial charge in [-0.2, -0.15) is 0 Å². The fourth-order valence-corrected chi connectivity index (χ4v) is 13.5. The zero-order chi connectivity index (χ0) is 52.7. The lowest BCUT2D eigenvalue weighted by atomic mass is 9.34. The van der Waals surface area contributed by atoms with Gasteiger partial charge < -0.3 is 14.0 Å². The highest BCUT2D eigenvalue weighted by Crippen LogP contribution is 2.51. The molecular formula is C70H60BN5S. The molecular weight excluding hydrogens is 954 g/mol. The molecule has 2 aliphatic heterocycles. The Morgan fingerprint density at radius 1 is 0.390 bits per heavy atom. The summed E-state index contributed by atoms with van der Waals surface area (Å²) in [4.78, 5) is 16.3. The van der Waals surface area contributed by atoms with E-state index < -0.39 is 0 Å². The van der Waals surface area contributed by atoms with Crippen molar-refractivity contribution in [1.82, 2.24) is 19.1 Å². The van der Waals surface area contributed by atoms with Gasteiger partial charge in [0.05, 0.1) is 39.1 Å². The molecule has 14 rings (SSSR count). The van der Waals surface area contributed by atoms with Crippen LogP contribution in [0.5, 0.6) is 0 Å². The van der Waals surface area contributed by atoms with Crippen LogP contribution in [0.3, 0.4) is 0 Å². The summed E-state index contributed by atoms with van der Waals surface area (Å²) in [7, 11) is 0. The topological polar surface area (TPSA) is 38.9 Å². The Labute approximate surface area is 456 Å². The number of hydrogen-bond acceptors (Lipinski definition) is 4. The Morgan fingerprint density at radius 2 is 0.844 bits per heavy atom. The van der Waals surface area contributed by atoms with Gasteiger partial charge in [-0.1, -0.05) is 195 Å². The number of rotatable bonds is 5. The maximum absolute atomic E-state index is 5.56. The first-order valence-corrected chi connectivity index (χ1v) is 27.9. The summed E-state index contributed by atoms with van der Waals surface area (Å²) in [6.45, 7) is 20.5. The van der Waals surface area contributed by atoms with Crippen LogP contribution in [-0.4, -0.2) is 25.8 Å². The second kappa shape index (κ2) is 17.2. The van der Waals surface area contributed by atoms with Crippen LogP contribution in [0.2, 0.25) is 0 Å². The average molecular weight is 1010 g/mol. The van der Waals surface area contributed by atoms with Gasteiger partial charge in [0.2, 0.25) is 6.71 Å². The van der Waals surface area contributed by atoms with Crippen LogP contribution in [-0.2, 0) is 16.2 Å². The second-order valence-corrected chi connectivity index (χ2v) is 25.3. The van der Waals surface area contributed by atoms with Crippen molar-refractivity contribution in [3.05, 3.63) is 217 Å². The average Bonchev–Trinajstić information content (AvgIpc) is 4.07. The summed E-state index contributed by atoms with van der Waals surface area (Å²) in [5, 5.41) is 5.00. The number of nitrogens with zero attached hydrogens (tertiary/aromatic N) is 5. The van der Waals surface area contributed by atoms with Crippen molar-refractivity contribution in [1.29, 1.82) is 0 Å². The van der Waals surface area contributed by atoms with E-state index in [2.05, 4.69) is 277 Å². The Hall–Kier alpha value is -8.13. The molecule has 12 aromatic rings. The van der Waals surface area contributed by atoms with Crippen molar-refractivity contribution in [2.45, 2.75) is 88.3 Å². The number of pyridine rings is 2. The van der Waals surface area contributed by atoms with E-state index >= 15 is 0 Å². The molecule has 0 N–H and O–H groups in total. The first kappa shape index (κ1) is 47.3. The number of aromatic nitrogens is 4. The summed E-state index contributed by atoms with van der Waals surface area (Å²) in [5.41, 5.74) is 21.2. The number of hydrogen-bond donors (Lipinski definition) is 0. The number of benzene rings is 8. The van der Waals surface area contributed by atoms with E-state index in [0.717, 1.165) is 56.7 Å². The minimum absolute atomic E-state index is 0.0591. The Balaban J connectivity index is 1.10. The van der Waals surface area contributed by atoms with E-state index in [4.69, 9.17) is 9.97 Å². The van der Waals surface area contributed by atoms with Gasteiger partial charge in [-0.3, -0.25) is 9.97 Å². The van der Waals surface area contributed by atoms with E-state index in [0.29, 0.717) is 0 Å². The largest absolute Gasteiger partial charge is 0.310 e. The van der Waals surface area contributed by atoms with E-state index in [1.54, 1.807) is 0 Å². The van der Waals surface area contributed by atoms with Crippen LogP contribution >= 0.6 is 11.8 Å². The maximum Gasteiger partial charge on any atom is 0.249 e. The van der Waals surface area contributed by atoms with Crippen molar-refractivity contribution >= 4 is 95.5 Å². The molecule has 5 nitrogen and oxygen atoms in total. The Bertz CT molecular complexity index is 4220. The van der Waals surface area contributed by atoms with Crippen LogP contribution in [0.1, 0.15) is 79.3 Å². The normalized spacial score (nSPS) is 13.4. The van der Waals surface area contributed by atoms with Crippen molar-refractivity contribution in [2.75, 3.05) is 4.90 Å². The quantitative estimate of drug-likeness (QED) is 0.161. The van der Waals surface area contributed by atoms with E-state index in [-0.39, 0.29) is 23.0 Å². The fourth-order valence-electron chi connectivity index (χ4n) is 12.3. The zero-order valence-corrected chi connectivity index (χ0v) is 46.1. The van der Waals surface area contributed by atoms with Crippen LogP contribution in [0.25, 0.3) is 77.5 Å². The van der Waals surface area contributed by atoms with Crippen molar-refractivity contribution < 1.29 is 0 Å². The van der Waals surface area contributed by atoms with Gasteiger partial charge in [-0.15, -0.1) is 0 Å². The van der Waals surface area contributed by atoms with Gasteiger partial charge in [0.1, 0.15) is 0 Å². The highest BCUT2D eigenvalue weighted by molar-refractivity contribution is 8.00. The van der Waals surface area contributed by atoms with Gasteiger partial charge >= 0.3 is 0 Å². The predicted octanol–water partition coefficient (Wildman–Crippen LogP) is 16.7. The molecule has 6 heterocycles. The first-order chi connectivity index (χ1) is 37.1. The third kappa shape index (κ3) is 7.52. The summed E-state index contributed by atoms with van der Waals surface area (Å²) in [6, 6.07) is 74.8. The molecule has 0 bridgehead atoms. The molecule has 2 aliphatic rings. The van der Waals surface area contributed by atoms with Gasteiger partial charge in [-0.25, -0.2) is 0 Å². The molecule has 0 spiro atoms. The molecule has 0 saturated heterocycles. The lowest BCUT2D eigenvalue weighted by Crippen LogP contribution is -2.60. The number of para-hydroxylation sites is 5. The van der Waals surface area contributed by atoms with E-state index in [1.165, 1.54) is 81.0 Å². The Kier molecular flexibility index (Phi) is 10.6. The van der Waals surface area contributed by atoms with Gasteiger partial charge in [0.15, 0.2) is 0 Å². The van der Waals surface area contributed by atoms with Gasteiger partial charge in [-0.05, 0) is 107 Å². The molecule has 374 valence electrons. The van der Waals surface area contributed by atoms with Gasteiger partial charge in [0.25, 0.3) is 0 Å². The molecule has 77 heavy (non-hydrogen) atoms. The molecule has 0 radical (unpaired) electrons. The second-order valence-electron chi connectivity index (χ2n) is 24.3. The SMILES string of the molecule is CC(C)(C)c1cc2c3c(c1)N(c1c(-c4cccc(C(C)(C)C)n4)cccc1-c1cccc(C(C)(C)C)n1)c1cc(-n4c5ccccc5c5ccccc54)ccc1B3c1ccc(-n3c4ccccc4c4ccccc43)cc1S2. The first-order valence-electron chi connectivity index (χ1n) is 27.1. The molecule has 0 saturated carbocycles. The van der Waals surface area contributed by atoms with Gasteiger partial charge in [0, 0.05) is 87.4 Å². The van der Waals surface area contributed by atoms with Crippen LogP contribution in [0.4, 0.5) is 17.1 Å². The number of fused-ring (bicyclic) bond motifs is 10. The smallest absolute Gasteiger partial charge is 0.249 e. The van der Waals surface area contributed by atoms with E-state index in [9.17, 15) is 0 Å². The lowest BCUT2D eigenvalue weighted by molar-refractivity contribution is 0.569. The standard InChI is InChI=1S/C70H60BN5S/c1-68(2,3)43-39-61-66-63(40-43)77-62-42-45(75-58-31-16-12-23-48(58)49-24-13-17-32-59(49)75)36-38-53(62)71(66)52-37-35-44(74-56-29-14-10-21-46(56)47-22-11-15-30-57(47)74)41-60(52)76(61)67-50(54-27-19-33-64(72-54)69(4,5)6)25-18-26-51(67)55-28-20-34-65(73-55)70(7,8)9/h10-42H,1-9H3. The van der Waals surface area contributed by atoms with Crippen LogP contribution in [0.15, 0.2) is 210 Å². The minimum atomic E-state index is -0.170. The number of anilines is 3. The summed E-state index contributed by atoms with van der Waals surface area (Å²) < 4.78 is 4.92. The fraction of sp³-hybridized carbons (Fsp3) is 0.171. The summed E-state index contributed by atoms with van der Waals surface area (Å²) in [6.07, 6.45) is 0.